The molecule has 0 aliphatic heterocycles. The Bertz CT molecular complexity index is 364. The lowest BCUT2D eigenvalue weighted by Gasteiger charge is -2.25. The first kappa shape index (κ1) is 12.9. The van der Waals surface area contributed by atoms with Crippen LogP contribution in [0.15, 0.2) is 18.2 Å². The summed E-state index contributed by atoms with van der Waals surface area (Å²) < 4.78 is 13.1. The molecule has 0 amide bonds. The Labute approximate surface area is 95.7 Å². The number of rotatable bonds is 4. The van der Waals surface area contributed by atoms with Gasteiger partial charge in [0, 0.05) is 25.3 Å². The van der Waals surface area contributed by atoms with E-state index in [1.807, 2.05) is 19.0 Å². The summed E-state index contributed by atoms with van der Waals surface area (Å²) >= 11 is 0. The van der Waals surface area contributed by atoms with Crippen LogP contribution in [0.2, 0.25) is 0 Å². The molecule has 1 unspecified atom stereocenters. The Morgan fingerprint density at radius 1 is 1.44 bits per heavy atom. The summed E-state index contributed by atoms with van der Waals surface area (Å²) in [6, 6.07) is 4.60. The number of nitrogens with zero attached hydrogens (tertiary/aromatic N) is 1. The van der Waals surface area contributed by atoms with Crippen molar-refractivity contribution in [3.05, 3.63) is 29.6 Å². The fraction of sp³-hybridized carbons (Fsp3) is 0.500. The second-order valence-electron chi connectivity index (χ2n) is 4.66. The molecule has 90 valence electrons. The number of aliphatic hydroxyl groups excluding tert-OH is 1. The molecule has 0 aromatic heterocycles. The van der Waals surface area contributed by atoms with Crippen LogP contribution in [0.3, 0.4) is 0 Å². The van der Waals surface area contributed by atoms with Gasteiger partial charge in [0.15, 0.2) is 0 Å². The molecule has 3 nitrogen and oxygen atoms in total. The van der Waals surface area contributed by atoms with E-state index in [1.54, 1.807) is 13.0 Å². The number of nitrogens with two attached hydrogens (primary N) is 1. The van der Waals surface area contributed by atoms with Crippen LogP contribution in [-0.2, 0) is 6.42 Å². The number of anilines is 1. The van der Waals surface area contributed by atoms with E-state index in [0.29, 0.717) is 6.42 Å². The highest BCUT2D eigenvalue weighted by Crippen LogP contribution is 2.23. The largest absolute Gasteiger partial charge is 0.394 e. The third-order valence-corrected chi connectivity index (χ3v) is 2.48. The van der Waals surface area contributed by atoms with Crippen molar-refractivity contribution in [1.82, 2.24) is 0 Å². The van der Waals surface area contributed by atoms with Crippen molar-refractivity contribution in [3.63, 3.8) is 0 Å². The van der Waals surface area contributed by atoms with Gasteiger partial charge >= 0.3 is 0 Å². The van der Waals surface area contributed by atoms with E-state index in [-0.39, 0.29) is 12.4 Å². The molecule has 0 aliphatic carbocycles. The summed E-state index contributed by atoms with van der Waals surface area (Å²) in [4.78, 5) is 1.84. The van der Waals surface area contributed by atoms with E-state index < -0.39 is 5.54 Å². The molecule has 0 radical (unpaired) electrons. The molecule has 0 bridgehead atoms. The Morgan fingerprint density at radius 2 is 2.06 bits per heavy atom. The van der Waals surface area contributed by atoms with Crippen LogP contribution in [-0.4, -0.2) is 31.3 Å². The fourth-order valence-corrected chi connectivity index (χ4v) is 1.59. The minimum atomic E-state index is -0.678. The lowest BCUT2D eigenvalue weighted by atomic mass is 9.93. The van der Waals surface area contributed by atoms with Gasteiger partial charge in [-0.05, 0) is 31.0 Å². The van der Waals surface area contributed by atoms with Crippen molar-refractivity contribution in [1.29, 1.82) is 0 Å². The van der Waals surface area contributed by atoms with E-state index in [2.05, 4.69) is 0 Å². The van der Waals surface area contributed by atoms with Gasteiger partial charge in [0.2, 0.25) is 0 Å². The number of hydrogen-bond donors (Lipinski definition) is 2. The van der Waals surface area contributed by atoms with Crippen LogP contribution >= 0.6 is 0 Å². The van der Waals surface area contributed by atoms with Crippen LogP contribution in [0.1, 0.15) is 12.5 Å². The van der Waals surface area contributed by atoms with Gasteiger partial charge in [0.05, 0.1) is 6.61 Å². The van der Waals surface area contributed by atoms with Gasteiger partial charge in [0.25, 0.3) is 0 Å². The van der Waals surface area contributed by atoms with Crippen LogP contribution < -0.4 is 10.6 Å². The summed E-state index contributed by atoms with van der Waals surface area (Å²) in [7, 11) is 3.70. The molecule has 0 fully saturated rings. The van der Waals surface area contributed by atoms with Crippen molar-refractivity contribution >= 4 is 5.69 Å². The van der Waals surface area contributed by atoms with Crippen molar-refractivity contribution in [2.45, 2.75) is 18.9 Å². The zero-order chi connectivity index (χ0) is 12.3. The first-order valence-corrected chi connectivity index (χ1v) is 5.21. The predicted octanol–water partition coefficient (Wildman–Crippen LogP) is 1.14. The van der Waals surface area contributed by atoms with Crippen molar-refractivity contribution in [2.75, 3.05) is 25.6 Å². The quantitative estimate of drug-likeness (QED) is 0.809. The molecule has 0 aliphatic rings. The van der Waals surface area contributed by atoms with Gasteiger partial charge in [0.1, 0.15) is 5.82 Å². The smallest absolute Gasteiger partial charge is 0.125 e. The van der Waals surface area contributed by atoms with Crippen LogP contribution in [0.25, 0.3) is 0 Å². The molecule has 0 saturated heterocycles. The monoisotopic (exact) mass is 226 g/mol. The summed E-state index contributed by atoms with van der Waals surface area (Å²) in [6.45, 7) is 1.67. The topological polar surface area (TPSA) is 49.5 Å². The highest BCUT2D eigenvalue weighted by Gasteiger charge is 2.20. The zero-order valence-corrected chi connectivity index (χ0v) is 10.00. The highest BCUT2D eigenvalue weighted by atomic mass is 19.1. The maximum absolute atomic E-state index is 13.1. The van der Waals surface area contributed by atoms with Gasteiger partial charge in [-0.2, -0.15) is 0 Å². The van der Waals surface area contributed by atoms with E-state index in [0.717, 1.165) is 11.3 Å². The summed E-state index contributed by atoms with van der Waals surface area (Å²) in [5.74, 6) is -0.268. The fourth-order valence-electron chi connectivity index (χ4n) is 1.59. The van der Waals surface area contributed by atoms with E-state index in [9.17, 15) is 4.39 Å². The lowest BCUT2D eigenvalue weighted by Crippen LogP contribution is -2.42. The minimum Gasteiger partial charge on any atom is -0.394 e. The molecule has 1 aromatic rings. The second-order valence-corrected chi connectivity index (χ2v) is 4.66. The van der Waals surface area contributed by atoms with Gasteiger partial charge in [-0.25, -0.2) is 4.39 Å². The predicted molar refractivity (Wildman–Crippen MR) is 64.1 cm³/mol. The molecule has 1 rings (SSSR count). The van der Waals surface area contributed by atoms with Crippen LogP contribution in [0, 0.1) is 5.82 Å². The van der Waals surface area contributed by atoms with E-state index >= 15 is 0 Å². The van der Waals surface area contributed by atoms with Gasteiger partial charge in [-0.3, -0.25) is 0 Å². The van der Waals surface area contributed by atoms with Crippen molar-refractivity contribution in [2.24, 2.45) is 5.73 Å². The molecule has 1 aromatic carbocycles. The average molecular weight is 226 g/mol. The van der Waals surface area contributed by atoms with Crippen LogP contribution in [0.5, 0.6) is 0 Å². The maximum atomic E-state index is 13.1. The van der Waals surface area contributed by atoms with E-state index in [4.69, 9.17) is 10.8 Å². The van der Waals surface area contributed by atoms with Gasteiger partial charge < -0.3 is 15.7 Å². The number of aliphatic hydroxyl groups is 1. The Morgan fingerprint density at radius 3 is 2.56 bits per heavy atom. The van der Waals surface area contributed by atoms with Crippen LogP contribution in [0.4, 0.5) is 10.1 Å². The molecular weight excluding hydrogens is 207 g/mol. The van der Waals surface area contributed by atoms with Crippen molar-refractivity contribution < 1.29 is 9.50 Å². The number of hydrogen-bond acceptors (Lipinski definition) is 3. The summed E-state index contributed by atoms with van der Waals surface area (Å²) in [6.07, 6.45) is 0.511. The standard InChI is InChI=1S/C12H19FN2O/c1-12(14,8-16)7-9-4-5-10(13)6-11(9)15(2)3/h4-6,16H,7-8,14H2,1-3H3. The third-order valence-electron chi connectivity index (χ3n) is 2.48. The Kier molecular flexibility index (Phi) is 3.88. The second kappa shape index (κ2) is 4.80. The zero-order valence-electron chi connectivity index (χ0n) is 10.00. The number of benzene rings is 1. The normalized spacial score (nSPS) is 14.6. The van der Waals surface area contributed by atoms with E-state index in [1.165, 1.54) is 12.1 Å². The first-order chi connectivity index (χ1) is 7.35. The SMILES string of the molecule is CN(C)c1cc(F)ccc1CC(C)(N)CO. The van der Waals surface area contributed by atoms with Crippen molar-refractivity contribution in [3.8, 4) is 0 Å². The summed E-state index contributed by atoms with van der Waals surface area (Å²) in [5, 5.41) is 9.13. The maximum Gasteiger partial charge on any atom is 0.125 e. The van der Waals surface area contributed by atoms with Gasteiger partial charge in [-0.15, -0.1) is 0 Å². The minimum absolute atomic E-state index is 0.1000. The lowest BCUT2D eigenvalue weighted by molar-refractivity contribution is 0.208. The van der Waals surface area contributed by atoms with Gasteiger partial charge in [-0.1, -0.05) is 6.07 Å². The molecule has 0 heterocycles. The highest BCUT2D eigenvalue weighted by molar-refractivity contribution is 5.53. The molecule has 4 heteroatoms. The first-order valence-electron chi connectivity index (χ1n) is 5.21. The summed E-state index contributed by atoms with van der Waals surface area (Å²) in [5.41, 5.74) is 6.95. The Balaban J connectivity index is 3.04. The molecule has 3 N–H and O–H groups in total. The molecule has 1 atom stereocenters. The molecule has 0 spiro atoms. The molecule has 16 heavy (non-hydrogen) atoms. The third kappa shape index (κ3) is 3.18. The molecule has 0 saturated carbocycles. The number of halogens is 1. The Hall–Kier alpha value is -1.13. The molecular formula is C12H19FN2O. The average Bonchev–Trinajstić information content (AvgIpc) is 2.20.